The van der Waals surface area contributed by atoms with Crippen LogP contribution >= 0.6 is 0 Å². The third kappa shape index (κ3) is 5.40. The first-order valence-corrected chi connectivity index (χ1v) is 10.4. The smallest absolute Gasteiger partial charge is 0.416 e. The second-order valence-electron chi connectivity index (χ2n) is 8.55. The molecule has 0 spiro atoms. The van der Waals surface area contributed by atoms with Gasteiger partial charge in [-0.25, -0.2) is 0 Å². The van der Waals surface area contributed by atoms with E-state index in [4.69, 9.17) is 9.47 Å². The molecule has 1 unspecified atom stereocenters. The summed E-state index contributed by atoms with van der Waals surface area (Å²) in [5, 5.41) is 14.2. The van der Waals surface area contributed by atoms with Gasteiger partial charge in [0.05, 0.1) is 18.3 Å². The molecule has 7 heteroatoms. The molecule has 0 radical (unpaired) electrons. The Labute approximate surface area is 181 Å². The average molecular weight is 438 g/mol. The Morgan fingerprint density at radius 2 is 1.77 bits per heavy atom. The zero-order valence-corrected chi connectivity index (χ0v) is 18.2. The van der Waals surface area contributed by atoms with Gasteiger partial charge in [0.2, 0.25) is 0 Å². The zero-order valence-electron chi connectivity index (χ0n) is 18.2. The van der Waals surface area contributed by atoms with Crippen LogP contribution in [0, 0.1) is 6.92 Å². The van der Waals surface area contributed by atoms with E-state index in [0.29, 0.717) is 19.8 Å². The minimum absolute atomic E-state index is 0.116. The molecule has 2 aromatic carbocycles. The van der Waals surface area contributed by atoms with Crippen molar-refractivity contribution in [1.29, 1.82) is 0 Å². The fraction of sp³-hybridized carbons (Fsp3) is 0.500. The van der Waals surface area contributed by atoms with Gasteiger partial charge in [0, 0.05) is 37.3 Å². The Hall–Kier alpha value is -2.09. The molecule has 1 fully saturated rings. The second-order valence-corrected chi connectivity index (χ2v) is 8.55. The van der Waals surface area contributed by atoms with Crippen molar-refractivity contribution in [2.75, 3.05) is 33.4 Å². The van der Waals surface area contributed by atoms with E-state index in [1.807, 2.05) is 19.1 Å². The average Bonchev–Trinajstić information content (AvgIpc) is 2.74. The third-order valence-electron chi connectivity index (χ3n) is 6.12. The number of halogens is 3. The number of alkyl halides is 3. The number of rotatable bonds is 7. The number of hydrogen-bond donors (Lipinski definition) is 2. The minimum atomic E-state index is -4.45. The Bertz CT molecular complexity index is 890. The van der Waals surface area contributed by atoms with Gasteiger partial charge < -0.3 is 19.9 Å². The van der Waals surface area contributed by atoms with Crippen LogP contribution in [-0.2, 0) is 21.9 Å². The summed E-state index contributed by atoms with van der Waals surface area (Å²) in [5.74, 6) is 0.805. The van der Waals surface area contributed by atoms with Crippen LogP contribution < -0.4 is 10.1 Å². The molecule has 2 N–H and O–H groups in total. The van der Waals surface area contributed by atoms with Crippen LogP contribution in [-0.4, -0.2) is 38.5 Å². The summed E-state index contributed by atoms with van der Waals surface area (Å²) in [6, 6.07) is 10.9. The molecule has 0 amide bonds. The van der Waals surface area contributed by atoms with Crippen molar-refractivity contribution in [3.8, 4) is 5.75 Å². The quantitative estimate of drug-likeness (QED) is 0.667. The second kappa shape index (κ2) is 9.18. The first-order chi connectivity index (χ1) is 14.6. The fourth-order valence-electron chi connectivity index (χ4n) is 4.22. The molecule has 1 saturated heterocycles. The molecular formula is C24H30F3NO3. The van der Waals surface area contributed by atoms with Crippen LogP contribution in [0.5, 0.6) is 5.75 Å². The van der Waals surface area contributed by atoms with Crippen LogP contribution in [0.2, 0.25) is 0 Å². The summed E-state index contributed by atoms with van der Waals surface area (Å²) in [5.41, 5.74) is -0.0362. The standard InChI is InChI=1S/C24H30F3NO3/c1-17-7-8-21(30-3)20(13-17)23(9-11-31-12-10-23)16-28-15-22(2,29)18-5-4-6-19(14-18)24(25,26)27/h4-8,13-14,28-29H,9-12,15-16H2,1-3H3. The fourth-order valence-corrected chi connectivity index (χ4v) is 4.22. The minimum Gasteiger partial charge on any atom is -0.496 e. The van der Waals surface area contributed by atoms with Gasteiger partial charge in [-0.2, -0.15) is 13.2 Å². The number of nitrogens with one attached hydrogen (secondary N) is 1. The predicted molar refractivity (Wildman–Crippen MR) is 113 cm³/mol. The Kier molecular flexibility index (Phi) is 6.98. The number of aryl methyl sites for hydroxylation is 1. The van der Waals surface area contributed by atoms with Gasteiger partial charge in [-0.05, 0) is 50.5 Å². The lowest BCUT2D eigenvalue weighted by Gasteiger charge is -2.39. The molecule has 0 bridgehead atoms. The summed E-state index contributed by atoms with van der Waals surface area (Å²) in [6.45, 7) is 5.45. The van der Waals surface area contributed by atoms with Crippen molar-refractivity contribution in [3.05, 3.63) is 64.7 Å². The van der Waals surface area contributed by atoms with Crippen LogP contribution in [0.1, 0.15) is 42.0 Å². The number of methoxy groups -OCH3 is 1. The highest BCUT2D eigenvalue weighted by atomic mass is 19.4. The van der Waals surface area contributed by atoms with Crippen molar-refractivity contribution in [2.24, 2.45) is 0 Å². The van der Waals surface area contributed by atoms with E-state index < -0.39 is 17.3 Å². The van der Waals surface area contributed by atoms with Crippen LogP contribution in [0.4, 0.5) is 13.2 Å². The summed E-state index contributed by atoms with van der Waals surface area (Å²) in [6.07, 6.45) is -2.88. The van der Waals surface area contributed by atoms with Crippen molar-refractivity contribution in [2.45, 2.75) is 43.9 Å². The molecule has 31 heavy (non-hydrogen) atoms. The first kappa shape index (κ1) is 23.6. The SMILES string of the molecule is COc1ccc(C)cc1C1(CNCC(C)(O)c2cccc(C(F)(F)F)c2)CCOCC1. The zero-order chi connectivity index (χ0) is 22.7. The highest BCUT2D eigenvalue weighted by molar-refractivity contribution is 5.43. The van der Waals surface area contributed by atoms with Gasteiger partial charge >= 0.3 is 6.18 Å². The summed E-state index contributed by atoms with van der Waals surface area (Å²) in [4.78, 5) is 0. The maximum absolute atomic E-state index is 13.1. The highest BCUT2D eigenvalue weighted by Gasteiger charge is 2.38. The van der Waals surface area contributed by atoms with E-state index in [0.717, 1.165) is 41.9 Å². The van der Waals surface area contributed by atoms with Crippen molar-refractivity contribution in [1.82, 2.24) is 5.32 Å². The molecular weight excluding hydrogens is 407 g/mol. The molecule has 170 valence electrons. The molecule has 1 aliphatic rings. The van der Waals surface area contributed by atoms with Crippen molar-refractivity contribution in [3.63, 3.8) is 0 Å². The highest BCUT2D eigenvalue weighted by Crippen LogP contribution is 2.40. The molecule has 1 atom stereocenters. The maximum atomic E-state index is 13.1. The van der Waals surface area contributed by atoms with E-state index in [1.54, 1.807) is 7.11 Å². The number of ether oxygens (including phenoxy) is 2. The summed E-state index contributed by atoms with van der Waals surface area (Å²) in [7, 11) is 1.65. The van der Waals surface area contributed by atoms with Gasteiger partial charge in [0.25, 0.3) is 0 Å². The molecule has 1 aliphatic heterocycles. The first-order valence-electron chi connectivity index (χ1n) is 10.4. The molecule has 3 rings (SSSR count). The molecule has 4 nitrogen and oxygen atoms in total. The predicted octanol–water partition coefficient (Wildman–Crippen LogP) is 4.57. The molecule has 0 aliphatic carbocycles. The van der Waals surface area contributed by atoms with E-state index in [-0.39, 0.29) is 17.5 Å². The monoisotopic (exact) mass is 437 g/mol. The number of aliphatic hydroxyl groups is 1. The lowest BCUT2D eigenvalue weighted by atomic mass is 9.73. The van der Waals surface area contributed by atoms with Gasteiger partial charge in [0.15, 0.2) is 0 Å². The van der Waals surface area contributed by atoms with E-state index >= 15 is 0 Å². The number of benzene rings is 2. The Morgan fingerprint density at radius 1 is 1.10 bits per heavy atom. The lowest BCUT2D eigenvalue weighted by molar-refractivity contribution is -0.137. The van der Waals surface area contributed by atoms with Gasteiger partial charge in [0.1, 0.15) is 5.75 Å². The molecule has 2 aromatic rings. The van der Waals surface area contributed by atoms with Crippen LogP contribution in [0.15, 0.2) is 42.5 Å². The van der Waals surface area contributed by atoms with Crippen molar-refractivity contribution >= 4 is 0 Å². The lowest BCUT2D eigenvalue weighted by Crippen LogP contribution is -2.46. The van der Waals surface area contributed by atoms with Crippen LogP contribution in [0.3, 0.4) is 0 Å². The molecule has 0 aromatic heterocycles. The summed E-state index contributed by atoms with van der Waals surface area (Å²) < 4.78 is 50.4. The Morgan fingerprint density at radius 3 is 2.42 bits per heavy atom. The summed E-state index contributed by atoms with van der Waals surface area (Å²) >= 11 is 0. The van der Waals surface area contributed by atoms with E-state index in [1.165, 1.54) is 19.1 Å². The van der Waals surface area contributed by atoms with Gasteiger partial charge in [-0.1, -0.05) is 29.8 Å². The van der Waals surface area contributed by atoms with Gasteiger partial charge in [-0.3, -0.25) is 0 Å². The number of hydrogen-bond acceptors (Lipinski definition) is 4. The molecule has 1 heterocycles. The van der Waals surface area contributed by atoms with E-state index in [9.17, 15) is 18.3 Å². The third-order valence-corrected chi connectivity index (χ3v) is 6.12. The van der Waals surface area contributed by atoms with Crippen LogP contribution in [0.25, 0.3) is 0 Å². The molecule has 0 saturated carbocycles. The Balaban J connectivity index is 1.80. The normalized spacial score (nSPS) is 18.4. The van der Waals surface area contributed by atoms with Gasteiger partial charge in [-0.15, -0.1) is 0 Å². The maximum Gasteiger partial charge on any atom is 0.416 e. The van der Waals surface area contributed by atoms with E-state index in [2.05, 4.69) is 11.4 Å². The topological polar surface area (TPSA) is 50.7 Å². The largest absolute Gasteiger partial charge is 0.496 e. The van der Waals surface area contributed by atoms with Crippen molar-refractivity contribution < 1.29 is 27.8 Å².